The smallest absolute Gasteiger partial charge is 0.410 e. The summed E-state index contributed by atoms with van der Waals surface area (Å²) in [6.45, 7) is 17.5. The molecule has 0 aromatic rings. The van der Waals surface area contributed by atoms with Gasteiger partial charge in [0, 0.05) is 45.8 Å². The Kier molecular flexibility index (Phi) is 10.7. The SMILES string of the molecule is CCNC(=NCC(C)(O)CN1CCOCC1)NCCN(CC)C(=O)OC(C)(C)C. The van der Waals surface area contributed by atoms with Crippen LogP contribution in [0.25, 0.3) is 0 Å². The summed E-state index contributed by atoms with van der Waals surface area (Å²) in [5.74, 6) is 0.620. The standard InChI is InChI=1S/C20H41N5O4/c1-7-21-17(22-9-10-25(8-2)18(26)29-19(3,4)5)23-15-20(6,27)16-24-11-13-28-14-12-24/h27H,7-16H2,1-6H3,(H2,21,22,23). The third-order valence-electron chi connectivity index (χ3n) is 4.30. The first-order valence-electron chi connectivity index (χ1n) is 10.6. The predicted octanol–water partition coefficient (Wildman–Crippen LogP) is 0.882. The van der Waals surface area contributed by atoms with Crippen molar-refractivity contribution >= 4 is 12.1 Å². The molecular weight excluding hydrogens is 374 g/mol. The molecule has 9 heteroatoms. The Bertz CT molecular complexity index is 513. The highest BCUT2D eigenvalue weighted by atomic mass is 16.6. The van der Waals surface area contributed by atoms with Crippen molar-refractivity contribution in [2.75, 3.05) is 65.6 Å². The number of β-amino-alcohol motifs (C(OH)–C–C–N with tert-alkyl or cyclic N) is 1. The van der Waals surface area contributed by atoms with E-state index < -0.39 is 11.2 Å². The number of guanidine groups is 1. The van der Waals surface area contributed by atoms with Crippen LogP contribution in [0.2, 0.25) is 0 Å². The molecule has 0 aromatic carbocycles. The number of amides is 1. The first-order valence-corrected chi connectivity index (χ1v) is 10.6. The number of aliphatic imine (C=N–C) groups is 1. The highest BCUT2D eigenvalue weighted by molar-refractivity contribution is 5.79. The Labute approximate surface area is 175 Å². The van der Waals surface area contributed by atoms with Gasteiger partial charge in [-0.1, -0.05) is 0 Å². The largest absolute Gasteiger partial charge is 0.444 e. The first-order chi connectivity index (χ1) is 13.6. The van der Waals surface area contributed by atoms with Gasteiger partial charge >= 0.3 is 6.09 Å². The van der Waals surface area contributed by atoms with E-state index in [-0.39, 0.29) is 12.6 Å². The van der Waals surface area contributed by atoms with Crippen LogP contribution in [0.3, 0.4) is 0 Å². The Hall–Kier alpha value is -1.58. The third kappa shape index (κ3) is 11.3. The van der Waals surface area contributed by atoms with Crippen molar-refractivity contribution in [3.8, 4) is 0 Å². The van der Waals surface area contributed by atoms with E-state index in [4.69, 9.17) is 9.47 Å². The van der Waals surface area contributed by atoms with Crippen LogP contribution in [0.15, 0.2) is 4.99 Å². The molecular formula is C20H41N5O4. The van der Waals surface area contributed by atoms with Gasteiger partial charge in [0.15, 0.2) is 5.96 Å². The Morgan fingerprint density at radius 3 is 2.41 bits per heavy atom. The number of hydrogen-bond donors (Lipinski definition) is 3. The lowest BCUT2D eigenvalue weighted by molar-refractivity contribution is -0.0180. The fourth-order valence-corrected chi connectivity index (χ4v) is 2.90. The topological polar surface area (TPSA) is 98.7 Å². The van der Waals surface area contributed by atoms with E-state index in [0.717, 1.165) is 13.1 Å². The molecule has 1 amide bonds. The lowest BCUT2D eigenvalue weighted by Crippen LogP contribution is -2.48. The molecule has 1 aliphatic rings. The van der Waals surface area contributed by atoms with Crippen molar-refractivity contribution in [3.63, 3.8) is 0 Å². The molecule has 1 rings (SSSR count). The van der Waals surface area contributed by atoms with Crippen LogP contribution >= 0.6 is 0 Å². The predicted molar refractivity (Wildman–Crippen MR) is 115 cm³/mol. The van der Waals surface area contributed by atoms with E-state index in [9.17, 15) is 9.90 Å². The minimum absolute atomic E-state index is 0.281. The molecule has 0 aromatic heterocycles. The number of nitrogens with zero attached hydrogens (tertiary/aromatic N) is 3. The van der Waals surface area contributed by atoms with Crippen LogP contribution in [-0.4, -0.2) is 104 Å². The summed E-state index contributed by atoms with van der Waals surface area (Å²) in [7, 11) is 0. The first kappa shape index (κ1) is 25.5. The molecule has 1 saturated heterocycles. The van der Waals surface area contributed by atoms with Crippen molar-refractivity contribution in [2.45, 2.75) is 52.7 Å². The summed E-state index contributed by atoms with van der Waals surface area (Å²) < 4.78 is 10.8. The molecule has 0 aliphatic carbocycles. The second kappa shape index (κ2) is 12.2. The molecule has 3 N–H and O–H groups in total. The van der Waals surface area contributed by atoms with Crippen molar-refractivity contribution in [1.29, 1.82) is 0 Å². The number of carbonyl (C=O) groups is 1. The molecule has 1 fully saturated rings. The molecule has 0 bridgehead atoms. The van der Waals surface area contributed by atoms with E-state index in [0.29, 0.717) is 51.9 Å². The number of nitrogens with one attached hydrogen (secondary N) is 2. The number of likely N-dealkylation sites (N-methyl/N-ethyl adjacent to an activating group) is 1. The van der Waals surface area contributed by atoms with E-state index in [1.54, 1.807) is 11.8 Å². The van der Waals surface area contributed by atoms with Crippen LogP contribution in [0.4, 0.5) is 4.79 Å². The van der Waals surface area contributed by atoms with Gasteiger partial charge in [-0.2, -0.15) is 0 Å². The molecule has 29 heavy (non-hydrogen) atoms. The average Bonchev–Trinajstić information content (AvgIpc) is 2.62. The van der Waals surface area contributed by atoms with E-state index in [2.05, 4.69) is 20.5 Å². The average molecular weight is 416 g/mol. The zero-order valence-electron chi connectivity index (χ0n) is 19.1. The maximum atomic E-state index is 12.2. The van der Waals surface area contributed by atoms with E-state index >= 15 is 0 Å². The van der Waals surface area contributed by atoms with Gasteiger partial charge < -0.3 is 30.1 Å². The number of hydrogen-bond acceptors (Lipinski definition) is 6. The van der Waals surface area contributed by atoms with Crippen LogP contribution in [-0.2, 0) is 9.47 Å². The second-order valence-corrected chi connectivity index (χ2v) is 8.57. The van der Waals surface area contributed by atoms with Gasteiger partial charge in [0.05, 0.1) is 25.4 Å². The van der Waals surface area contributed by atoms with Gasteiger partial charge in [-0.25, -0.2) is 4.79 Å². The fourth-order valence-electron chi connectivity index (χ4n) is 2.90. The van der Waals surface area contributed by atoms with Crippen molar-refractivity contribution in [3.05, 3.63) is 0 Å². The molecule has 170 valence electrons. The number of aliphatic hydroxyl groups is 1. The summed E-state index contributed by atoms with van der Waals surface area (Å²) in [6, 6.07) is 0. The van der Waals surface area contributed by atoms with E-state index in [1.807, 2.05) is 34.6 Å². The number of ether oxygens (including phenoxy) is 2. The van der Waals surface area contributed by atoms with E-state index in [1.165, 1.54) is 0 Å². The van der Waals surface area contributed by atoms with Gasteiger partial charge in [-0.05, 0) is 41.5 Å². The molecule has 9 nitrogen and oxygen atoms in total. The Morgan fingerprint density at radius 1 is 1.21 bits per heavy atom. The molecule has 0 saturated carbocycles. The zero-order chi connectivity index (χ0) is 21.9. The zero-order valence-corrected chi connectivity index (χ0v) is 19.1. The molecule has 0 radical (unpaired) electrons. The minimum atomic E-state index is -0.925. The van der Waals surface area contributed by atoms with Gasteiger partial charge in [0.2, 0.25) is 0 Å². The van der Waals surface area contributed by atoms with Gasteiger partial charge in [-0.3, -0.25) is 9.89 Å². The van der Waals surface area contributed by atoms with Crippen LogP contribution in [0.1, 0.15) is 41.5 Å². The lowest BCUT2D eigenvalue weighted by Gasteiger charge is -2.33. The summed E-state index contributed by atoms with van der Waals surface area (Å²) in [5, 5.41) is 17.1. The van der Waals surface area contributed by atoms with Gasteiger partial charge in [0.1, 0.15) is 5.60 Å². The number of carbonyl (C=O) groups excluding carboxylic acids is 1. The third-order valence-corrected chi connectivity index (χ3v) is 4.30. The normalized spacial score (nSPS) is 18.1. The molecule has 1 atom stereocenters. The quantitative estimate of drug-likeness (QED) is 0.380. The molecule has 1 unspecified atom stereocenters. The number of morpholine rings is 1. The summed E-state index contributed by atoms with van der Waals surface area (Å²) >= 11 is 0. The summed E-state index contributed by atoms with van der Waals surface area (Å²) in [4.78, 5) is 20.6. The maximum absolute atomic E-state index is 12.2. The Balaban J connectivity index is 2.52. The van der Waals surface area contributed by atoms with Crippen molar-refractivity contribution in [2.24, 2.45) is 4.99 Å². The van der Waals surface area contributed by atoms with Crippen LogP contribution in [0.5, 0.6) is 0 Å². The molecule has 0 spiro atoms. The summed E-state index contributed by atoms with van der Waals surface area (Å²) in [6.07, 6.45) is -0.322. The fraction of sp³-hybridized carbons (Fsp3) is 0.900. The monoisotopic (exact) mass is 415 g/mol. The minimum Gasteiger partial charge on any atom is -0.444 e. The van der Waals surface area contributed by atoms with Crippen molar-refractivity contribution in [1.82, 2.24) is 20.4 Å². The van der Waals surface area contributed by atoms with Gasteiger partial charge in [-0.15, -0.1) is 0 Å². The Morgan fingerprint density at radius 2 is 1.86 bits per heavy atom. The molecule has 1 heterocycles. The second-order valence-electron chi connectivity index (χ2n) is 8.57. The maximum Gasteiger partial charge on any atom is 0.410 e. The highest BCUT2D eigenvalue weighted by Gasteiger charge is 2.25. The van der Waals surface area contributed by atoms with Gasteiger partial charge in [0.25, 0.3) is 0 Å². The van der Waals surface area contributed by atoms with Crippen LogP contribution < -0.4 is 10.6 Å². The highest BCUT2D eigenvalue weighted by Crippen LogP contribution is 2.10. The number of rotatable bonds is 9. The summed E-state index contributed by atoms with van der Waals surface area (Å²) in [5.41, 5.74) is -1.44. The molecule has 1 aliphatic heterocycles. The lowest BCUT2D eigenvalue weighted by atomic mass is 10.1. The van der Waals surface area contributed by atoms with Crippen LogP contribution in [0, 0.1) is 0 Å². The van der Waals surface area contributed by atoms with Crippen molar-refractivity contribution < 1.29 is 19.4 Å².